The zero-order valence-electron chi connectivity index (χ0n) is 16.7. The van der Waals surface area contributed by atoms with E-state index in [2.05, 4.69) is 5.10 Å². The summed E-state index contributed by atoms with van der Waals surface area (Å²) in [6, 6.07) is 24.5. The van der Waals surface area contributed by atoms with Crippen molar-refractivity contribution in [2.24, 2.45) is 0 Å². The SMILES string of the molecule is COc1ccc(-n2cc(C(=O)c3ccc(-c4ccccc4)cc3)c(C(C)=O)n2)cc1. The van der Waals surface area contributed by atoms with Gasteiger partial charge in [0.15, 0.2) is 11.6 Å². The molecule has 0 unspecified atom stereocenters. The maximum Gasteiger partial charge on any atom is 0.196 e. The highest BCUT2D eigenvalue weighted by atomic mass is 16.5. The van der Waals surface area contributed by atoms with Crippen LogP contribution in [0.1, 0.15) is 33.3 Å². The van der Waals surface area contributed by atoms with Crippen LogP contribution in [-0.2, 0) is 0 Å². The van der Waals surface area contributed by atoms with Crippen LogP contribution < -0.4 is 4.74 Å². The molecule has 1 aromatic heterocycles. The Hall–Kier alpha value is -3.99. The average Bonchev–Trinajstić information content (AvgIpc) is 3.25. The topological polar surface area (TPSA) is 61.2 Å². The molecule has 0 saturated heterocycles. The monoisotopic (exact) mass is 396 g/mol. The van der Waals surface area contributed by atoms with Gasteiger partial charge in [-0.2, -0.15) is 5.10 Å². The molecule has 30 heavy (non-hydrogen) atoms. The first-order valence-corrected chi connectivity index (χ1v) is 9.52. The highest BCUT2D eigenvalue weighted by molar-refractivity contribution is 6.14. The zero-order valence-corrected chi connectivity index (χ0v) is 16.7. The second kappa shape index (κ2) is 8.17. The number of ketones is 2. The first kappa shape index (κ1) is 19.3. The molecule has 0 amide bonds. The summed E-state index contributed by atoms with van der Waals surface area (Å²) in [6.45, 7) is 1.41. The predicted molar refractivity (Wildman–Crippen MR) is 115 cm³/mol. The average molecular weight is 396 g/mol. The summed E-state index contributed by atoms with van der Waals surface area (Å²) in [5.41, 5.74) is 3.78. The van der Waals surface area contributed by atoms with Crippen LogP contribution >= 0.6 is 0 Å². The summed E-state index contributed by atoms with van der Waals surface area (Å²) in [5.74, 6) is 0.221. The van der Waals surface area contributed by atoms with Crippen molar-refractivity contribution >= 4 is 11.6 Å². The zero-order chi connectivity index (χ0) is 21.1. The molecular weight excluding hydrogens is 376 g/mol. The molecule has 0 spiro atoms. The number of methoxy groups -OCH3 is 1. The molecule has 0 fully saturated rings. The number of ether oxygens (including phenoxy) is 1. The lowest BCUT2D eigenvalue weighted by Gasteiger charge is -2.04. The number of hydrogen-bond donors (Lipinski definition) is 0. The summed E-state index contributed by atoms with van der Waals surface area (Å²) in [5, 5.41) is 4.35. The quantitative estimate of drug-likeness (QED) is 0.431. The van der Waals surface area contributed by atoms with Gasteiger partial charge in [-0.15, -0.1) is 0 Å². The molecule has 0 radical (unpaired) electrons. The van der Waals surface area contributed by atoms with E-state index in [-0.39, 0.29) is 22.8 Å². The van der Waals surface area contributed by atoms with Crippen LogP contribution in [0, 0.1) is 0 Å². The number of nitrogens with zero attached hydrogens (tertiary/aromatic N) is 2. The van der Waals surface area contributed by atoms with Gasteiger partial charge in [-0.3, -0.25) is 9.59 Å². The lowest BCUT2D eigenvalue weighted by Crippen LogP contribution is -2.06. The molecule has 5 heteroatoms. The van der Waals surface area contributed by atoms with E-state index in [1.54, 1.807) is 42.3 Å². The largest absolute Gasteiger partial charge is 0.497 e. The molecule has 0 aliphatic rings. The third-order valence-electron chi connectivity index (χ3n) is 4.88. The third-order valence-corrected chi connectivity index (χ3v) is 4.88. The van der Waals surface area contributed by atoms with Crippen molar-refractivity contribution in [2.45, 2.75) is 6.92 Å². The number of carbonyl (C=O) groups is 2. The first-order valence-electron chi connectivity index (χ1n) is 9.52. The Bertz CT molecular complexity index is 1190. The Balaban J connectivity index is 1.67. The molecule has 0 saturated carbocycles. The van der Waals surface area contributed by atoms with E-state index in [1.165, 1.54) is 6.92 Å². The van der Waals surface area contributed by atoms with Crippen LogP contribution in [0.3, 0.4) is 0 Å². The van der Waals surface area contributed by atoms with Crippen molar-refractivity contribution in [3.05, 3.63) is 102 Å². The van der Waals surface area contributed by atoms with Crippen molar-refractivity contribution in [3.8, 4) is 22.6 Å². The van der Waals surface area contributed by atoms with Gasteiger partial charge in [-0.1, -0.05) is 54.6 Å². The van der Waals surface area contributed by atoms with Gasteiger partial charge >= 0.3 is 0 Å². The Morgan fingerprint density at radius 2 is 1.47 bits per heavy atom. The smallest absolute Gasteiger partial charge is 0.196 e. The number of Topliss-reactive ketones (excluding diaryl/α,β-unsaturated/α-hetero) is 1. The minimum absolute atomic E-state index is 0.156. The highest BCUT2D eigenvalue weighted by Crippen LogP contribution is 2.23. The van der Waals surface area contributed by atoms with Crippen LogP contribution in [0.2, 0.25) is 0 Å². The molecule has 148 valence electrons. The molecule has 0 atom stereocenters. The van der Waals surface area contributed by atoms with Crippen LogP contribution in [0.5, 0.6) is 5.75 Å². The first-order chi connectivity index (χ1) is 14.6. The number of carbonyl (C=O) groups excluding carboxylic acids is 2. The maximum atomic E-state index is 13.1. The molecule has 0 bridgehead atoms. The highest BCUT2D eigenvalue weighted by Gasteiger charge is 2.21. The number of aromatic nitrogens is 2. The Kier molecular flexibility index (Phi) is 5.26. The standard InChI is InChI=1S/C25H20N2O3/c1-17(28)24-23(16-27(26-24)21-12-14-22(30-2)15-13-21)25(29)20-10-8-19(9-11-20)18-6-4-3-5-7-18/h3-16H,1-2H3. The summed E-state index contributed by atoms with van der Waals surface area (Å²) in [4.78, 5) is 25.3. The molecule has 4 aromatic rings. The molecular formula is C25H20N2O3. The van der Waals surface area contributed by atoms with Crippen molar-refractivity contribution in [1.82, 2.24) is 9.78 Å². The molecule has 0 N–H and O–H groups in total. The Labute approximate surface area is 174 Å². The van der Waals surface area contributed by atoms with Gasteiger partial charge in [-0.05, 0) is 35.4 Å². The fraction of sp³-hybridized carbons (Fsp3) is 0.0800. The molecule has 1 heterocycles. The van der Waals surface area contributed by atoms with Gasteiger partial charge in [0, 0.05) is 18.7 Å². The van der Waals surface area contributed by atoms with Crippen molar-refractivity contribution < 1.29 is 14.3 Å². The summed E-state index contributed by atoms with van der Waals surface area (Å²) in [7, 11) is 1.59. The van der Waals surface area contributed by atoms with E-state index < -0.39 is 0 Å². The number of hydrogen-bond acceptors (Lipinski definition) is 4. The van der Waals surface area contributed by atoms with Gasteiger partial charge in [0.1, 0.15) is 11.4 Å². The molecule has 4 rings (SSSR count). The Morgan fingerprint density at radius 1 is 0.833 bits per heavy atom. The molecule has 3 aromatic carbocycles. The summed E-state index contributed by atoms with van der Waals surface area (Å²) >= 11 is 0. The second-order valence-corrected chi connectivity index (χ2v) is 6.86. The number of rotatable bonds is 6. The molecule has 5 nitrogen and oxygen atoms in total. The van der Waals surface area contributed by atoms with Gasteiger partial charge in [0.05, 0.1) is 18.4 Å². The van der Waals surface area contributed by atoms with Crippen molar-refractivity contribution in [3.63, 3.8) is 0 Å². The van der Waals surface area contributed by atoms with Gasteiger partial charge in [0.25, 0.3) is 0 Å². The minimum Gasteiger partial charge on any atom is -0.497 e. The van der Waals surface area contributed by atoms with Crippen LogP contribution in [0.15, 0.2) is 85.1 Å². The van der Waals surface area contributed by atoms with E-state index >= 15 is 0 Å². The molecule has 0 aliphatic heterocycles. The minimum atomic E-state index is -0.258. The third kappa shape index (κ3) is 3.78. The van der Waals surface area contributed by atoms with E-state index in [9.17, 15) is 9.59 Å². The van der Waals surface area contributed by atoms with E-state index in [4.69, 9.17) is 4.74 Å². The molecule has 0 aliphatic carbocycles. The van der Waals surface area contributed by atoms with Gasteiger partial charge in [0.2, 0.25) is 0 Å². The maximum absolute atomic E-state index is 13.1. The summed E-state index contributed by atoms with van der Waals surface area (Å²) in [6.07, 6.45) is 1.60. The van der Waals surface area contributed by atoms with Crippen LogP contribution in [0.4, 0.5) is 0 Å². The number of benzene rings is 3. The van der Waals surface area contributed by atoms with E-state index in [0.29, 0.717) is 11.3 Å². The normalized spacial score (nSPS) is 10.6. The Morgan fingerprint density at radius 3 is 2.07 bits per heavy atom. The predicted octanol–water partition coefficient (Wildman–Crippen LogP) is 4.98. The van der Waals surface area contributed by atoms with E-state index in [1.807, 2.05) is 54.6 Å². The van der Waals surface area contributed by atoms with Crippen molar-refractivity contribution in [1.29, 1.82) is 0 Å². The fourth-order valence-corrected chi connectivity index (χ4v) is 3.27. The summed E-state index contributed by atoms with van der Waals surface area (Å²) < 4.78 is 6.72. The van der Waals surface area contributed by atoms with Crippen molar-refractivity contribution in [2.75, 3.05) is 7.11 Å². The lowest BCUT2D eigenvalue weighted by atomic mass is 9.99. The van der Waals surface area contributed by atoms with Crippen LogP contribution in [-0.4, -0.2) is 28.5 Å². The lowest BCUT2D eigenvalue weighted by molar-refractivity contribution is 0.0987. The van der Waals surface area contributed by atoms with Gasteiger partial charge in [-0.25, -0.2) is 4.68 Å². The van der Waals surface area contributed by atoms with Gasteiger partial charge < -0.3 is 4.74 Å². The fourth-order valence-electron chi connectivity index (χ4n) is 3.27. The second-order valence-electron chi connectivity index (χ2n) is 6.86. The van der Waals surface area contributed by atoms with E-state index in [0.717, 1.165) is 16.8 Å². The van der Waals surface area contributed by atoms with Crippen LogP contribution in [0.25, 0.3) is 16.8 Å².